The van der Waals surface area contributed by atoms with Crippen LogP contribution in [0, 0.1) is 0 Å². The van der Waals surface area contributed by atoms with Crippen LogP contribution < -0.4 is 5.46 Å². The van der Waals surface area contributed by atoms with Crippen molar-refractivity contribution in [1.82, 2.24) is 0 Å². The predicted octanol–water partition coefficient (Wildman–Crippen LogP) is 5.75. The van der Waals surface area contributed by atoms with Gasteiger partial charge in [0.2, 0.25) is 0 Å². The molecule has 1 rings (SSSR count). The first-order valence-corrected chi connectivity index (χ1v) is 8.81. The summed E-state index contributed by atoms with van der Waals surface area (Å²) in [5.74, 6) is 0. The van der Waals surface area contributed by atoms with Crippen LogP contribution in [-0.2, 0) is 0 Å². The van der Waals surface area contributed by atoms with Crippen LogP contribution in [0.4, 0.5) is 0 Å². The van der Waals surface area contributed by atoms with Crippen molar-refractivity contribution in [2.45, 2.75) is 83.9 Å². The molecule has 0 amide bonds. The van der Waals surface area contributed by atoms with Crippen molar-refractivity contribution in [2.75, 3.05) is 0 Å². The molecule has 1 aromatic carbocycles. The fourth-order valence-electron chi connectivity index (χ4n) is 2.67. The van der Waals surface area contributed by atoms with Crippen LogP contribution in [0.15, 0.2) is 30.3 Å². The Bertz CT molecular complexity index is 294. The lowest BCUT2D eigenvalue weighted by Crippen LogP contribution is -2.12. The van der Waals surface area contributed by atoms with E-state index >= 15 is 0 Å². The van der Waals surface area contributed by atoms with Crippen molar-refractivity contribution in [1.29, 1.82) is 0 Å². The molecule has 0 atom stereocenters. The Kier molecular flexibility index (Phi) is 11.5. The molecule has 1 radical (unpaired) electrons. The molecule has 20 heavy (non-hydrogen) atoms. The highest BCUT2D eigenvalue weighted by Crippen LogP contribution is 2.11. The van der Waals surface area contributed by atoms with Crippen molar-refractivity contribution in [2.24, 2.45) is 0 Å². The molecule has 0 spiro atoms. The number of unbranched alkanes of at least 4 members (excludes halogenated alkanes) is 10. The highest BCUT2D eigenvalue weighted by molar-refractivity contribution is 6.53. The van der Waals surface area contributed by atoms with Gasteiger partial charge in [-0.1, -0.05) is 120 Å². The van der Waals surface area contributed by atoms with Crippen LogP contribution in [0.5, 0.6) is 0 Å². The van der Waals surface area contributed by atoms with Gasteiger partial charge in [-0.15, -0.1) is 0 Å². The highest BCUT2D eigenvalue weighted by atomic mass is 14.0. The summed E-state index contributed by atoms with van der Waals surface area (Å²) < 4.78 is 0. The Hall–Kier alpha value is -0.715. The minimum Gasteiger partial charge on any atom is -0.0878 e. The lowest BCUT2D eigenvalue weighted by molar-refractivity contribution is 0.554. The predicted molar refractivity (Wildman–Crippen MR) is 93.1 cm³/mol. The Labute approximate surface area is 127 Å². The molecular formula is C19H32B. The van der Waals surface area contributed by atoms with Gasteiger partial charge in [0, 0.05) is 0 Å². The molecule has 0 saturated heterocycles. The lowest BCUT2D eigenvalue weighted by Gasteiger charge is -2.02. The Morgan fingerprint density at radius 3 is 1.70 bits per heavy atom. The molecule has 0 fully saturated rings. The molecule has 0 aliphatic heterocycles. The van der Waals surface area contributed by atoms with Crippen LogP contribution in [0.2, 0.25) is 6.32 Å². The van der Waals surface area contributed by atoms with Gasteiger partial charge in [0.1, 0.15) is 0 Å². The fourth-order valence-corrected chi connectivity index (χ4v) is 2.67. The summed E-state index contributed by atoms with van der Waals surface area (Å²) in [6, 6.07) is 10.7. The van der Waals surface area contributed by atoms with Gasteiger partial charge in [0.15, 0.2) is 7.28 Å². The molecule has 0 saturated carbocycles. The van der Waals surface area contributed by atoms with E-state index < -0.39 is 0 Å². The molecule has 0 aliphatic carbocycles. The first kappa shape index (κ1) is 17.3. The third kappa shape index (κ3) is 10.1. The second kappa shape index (κ2) is 13.3. The first-order valence-electron chi connectivity index (χ1n) is 8.81. The van der Waals surface area contributed by atoms with Gasteiger partial charge in [-0.25, -0.2) is 0 Å². The minimum absolute atomic E-state index is 1.24. The fraction of sp³-hybridized carbons (Fsp3) is 0.684. The van der Waals surface area contributed by atoms with Crippen molar-refractivity contribution in [3.63, 3.8) is 0 Å². The van der Waals surface area contributed by atoms with Gasteiger partial charge in [-0.05, 0) is 0 Å². The average molecular weight is 271 g/mol. The van der Waals surface area contributed by atoms with Gasteiger partial charge in [0.25, 0.3) is 0 Å². The summed E-state index contributed by atoms with van der Waals surface area (Å²) in [6.07, 6.45) is 16.9. The summed E-state index contributed by atoms with van der Waals surface area (Å²) in [4.78, 5) is 0. The monoisotopic (exact) mass is 271 g/mol. The van der Waals surface area contributed by atoms with Gasteiger partial charge in [0.05, 0.1) is 0 Å². The van der Waals surface area contributed by atoms with E-state index in [0.29, 0.717) is 0 Å². The second-order valence-electron chi connectivity index (χ2n) is 5.94. The molecule has 0 unspecified atom stereocenters. The normalized spacial score (nSPS) is 10.7. The lowest BCUT2D eigenvalue weighted by atomic mass is 9.66. The minimum atomic E-state index is 1.24. The summed E-state index contributed by atoms with van der Waals surface area (Å²) in [6.45, 7) is 2.29. The summed E-state index contributed by atoms with van der Waals surface area (Å²) in [5, 5.41) is 0. The summed E-state index contributed by atoms with van der Waals surface area (Å²) in [7, 11) is 2.37. The van der Waals surface area contributed by atoms with Gasteiger partial charge >= 0.3 is 0 Å². The third-order valence-electron chi connectivity index (χ3n) is 3.99. The number of rotatable bonds is 13. The maximum absolute atomic E-state index is 2.37. The van der Waals surface area contributed by atoms with Crippen LogP contribution >= 0.6 is 0 Å². The number of hydrogen-bond acceptors (Lipinski definition) is 0. The number of hydrogen-bond donors (Lipinski definition) is 0. The second-order valence-corrected chi connectivity index (χ2v) is 5.94. The molecule has 0 aliphatic rings. The molecule has 0 nitrogen and oxygen atoms in total. The van der Waals surface area contributed by atoms with Gasteiger partial charge < -0.3 is 0 Å². The average Bonchev–Trinajstić information content (AvgIpc) is 2.49. The molecule has 0 N–H and O–H groups in total. The Morgan fingerprint density at radius 1 is 0.650 bits per heavy atom. The molecule has 1 aromatic rings. The first-order chi connectivity index (χ1) is 9.93. The van der Waals surface area contributed by atoms with Gasteiger partial charge in [-0.3, -0.25) is 0 Å². The van der Waals surface area contributed by atoms with E-state index in [-0.39, 0.29) is 0 Å². The van der Waals surface area contributed by atoms with E-state index in [1.807, 2.05) is 0 Å². The quantitative estimate of drug-likeness (QED) is 0.317. The molecule has 0 heterocycles. The molecule has 0 aromatic heterocycles. The van der Waals surface area contributed by atoms with Crippen molar-refractivity contribution in [3.05, 3.63) is 30.3 Å². The standard InChI is InChI=1S/C19H32B/c1-2-3-4-5-6-7-8-9-10-11-15-18-20-19-16-13-12-14-17-19/h12-14,16-17H,2-11,15,18H2,1H3. The van der Waals surface area contributed by atoms with Crippen molar-refractivity contribution >= 4 is 12.7 Å². The number of benzene rings is 1. The van der Waals surface area contributed by atoms with Crippen LogP contribution in [-0.4, -0.2) is 7.28 Å². The highest BCUT2D eigenvalue weighted by Gasteiger charge is 1.96. The Morgan fingerprint density at radius 2 is 1.15 bits per heavy atom. The zero-order valence-electron chi connectivity index (χ0n) is 13.4. The third-order valence-corrected chi connectivity index (χ3v) is 3.99. The van der Waals surface area contributed by atoms with Crippen LogP contribution in [0.25, 0.3) is 0 Å². The van der Waals surface area contributed by atoms with Crippen molar-refractivity contribution < 1.29 is 0 Å². The molecule has 111 valence electrons. The van der Waals surface area contributed by atoms with E-state index in [0.717, 1.165) is 0 Å². The smallest absolute Gasteiger partial charge is 0.0878 e. The van der Waals surface area contributed by atoms with E-state index in [9.17, 15) is 0 Å². The summed E-state index contributed by atoms with van der Waals surface area (Å²) in [5.41, 5.74) is 1.37. The molecule has 0 bridgehead atoms. The maximum Gasteiger partial charge on any atom is 0.151 e. The van der Waals surface area contributed by atoms with Gasteiger partial charge in [-0.2, -0.15) is 0 Å². The van der Waals surface area contributed by atoms with Crippen LogP contribution in [0.1, 0.15) is 77.6 Å². The summed E-state index contributed by atoms with van der Waals surface area (Å²) >= 11 is 0. The molecular weight excluding hydrogens is 239 g/mol. The van der Waals surface area contributed by atoms with E-state index in [1.165, 1.54) is 82.4 Å². The zero-order chi connectivity index (χ0) is 14.3. The van der Waals surface area contributed by atoms with Crippen LogP contribution in [0.3, 0.4) is 0 Å². The maximum atomic E-state index is 2.37. The van der Waals surface area contributed by atoms with Crippen molar-refractivity contribution in [3.8, 4) is 0 Å². The van der Waals surface area contributed by atoms with E-state index in [4.69, 9.17) is 0 Å². The van der Waals surface area contributed by atoms with E-state index in [1.54, 1.807) is 0 Å². The topological polar surface area (TPSA) is 0 Å². The SMILES string of the molecule is CCCCCCCCCCCCC[B]c1ccccc1. The zero-order valence-corrected chi connectivity index (χ0v) is 13.4. The molecule has 1 heteroatoms. The Balaban J connectivity index is 1.77. The van der Waals surface area contributed by atoms with E-state index in [2.05, 4.69) is 44.5 Å². The largest absolute Gasteiger partial charge is 0.151 e.